The molecule has 0 aromatic heterocycles. The average molecular weight is 158 g/mol. The van der Waals surface area contributed by atoms with Gasteiger partial charge in [0, 0.05) is 18.6 Å². The van der Waals surface area contributed by atoms with Crippen molar-refractivity contribution in [3.05, 3.63) is 0 Å². The zero-order chi connectivity index (χ0) is 9.02. The molecule has 2 atom stereocenters. The summed E-state index contributed by atoms with van der Waals surface area (Å²) < 4.78 is 0. The Morgan fingerprint density at radius 2 is 1.64 bits per heavy atom. The highest BCUT2D eigenvalue weighted by Crippen LogP contribution is 2.07. The van der Waals surface area contributed by atoms with E-state index in [-0.39, 0.29) is 6.04 Å². The van der Waals surface area contributed by atoms with Crippen LogP contribution in [-0.2, 0) is 0 Å². The lowest BCUT2D eigenvalue weighted by molar-refractivity contribution is 0.200. The van der Waals surface area contributed by atoms with Gasteiger partial charge in [-0.2, -0.15) is 0 Å². The molecular formula is C9H22N2. The first-order valence-corrected chi connectivity index (χ1v) is 4.41. The Balaban J connectivity index is 3.73. The predicted octanol–water partition coefficient (Wildman–Crippen LogP) is 1.31. The van der Waals surface area contributed by atoms with Crippen molar-refractivity contribution in [2.24, 2.45) is 11.7 Å². The molecule has 0 aliphatic heterocycles. The average Bonchev–Trinajstić information content (AvgIpc) is 1.84. The van der Waals surface area contributed by atoms with E-state index < -0.39 is 0 Å². The van der Waals surface area contributed by atoms with Gasteiger partial charge in [-0.1, -0.05) is 13.8 Å². The molecule has 0 rings (SSSR count). The molecule has 11 heavy (non-hydrogen) atoms. The number of likely N-dealkylation sites (N-methyl/N-ethyl adjacent to an activating group) is 1. The van der Waals surface area contributed by atoms with E-state index in [4.69, 9.17) is 5.73 Å². The summed E-state index contributed by atoms with van der Waals surface area (Å²) in [7, 11) is 2.13. The Kier molecular flexibility index (Phi) is 4.69. The summed E-state index contributed by atoms with van der Waals surface area (Å²) in [5.41, 5.74) is 5.69. The molecule has 0 radical (unpaired) electrons. The van der Waals surface area contributed by atoms with E-state index >= 15 is 0 Å². The first-order chi connectivity index (χ1) is 4.95. The monoisotopic (exact) mass is 158 g/mol. The number of hydrogen-bond donors (Lipinski definition) is 1. The Morgan fingerprint density at radius 1 is 1.18 bits per heavy atom. The van der Waals surface area contributed by atoms with Gasteiger partial charge >= 0.3 is 0 Å². The van der Waals surface area contributed by atoms with E-state index in [1.165, 1.54) is 0 Å². The van der Waals surface area contributed by atoms with Crippen LogP contribution in [0.2, 0.25) is 0 Å². The third-order valence-corrected chi connectivity index (χ3v) is 2.24. The minimum Gasteiger partial charge on any atom is -0.327 e. The quantitative estimate of drug-likeness (QED) is 0.668. The van der Waals surface area contributed by atoms with Gasteiger partial charge in [0.2, 0.25) is 0 Å². The van der Waals surface area contributed by atoms with Gasteiger partial charge in [-0.25, -0.2) is 0 Å². The molecule has 2 N–H and O–H groups in total. The molecule has 0 amide bonds. The summed E-state index contributed by atoms with van der Waals surface area (Å²) in [6.07, 6.45) is 0. The lowest BCUT2D eigenvalue weighted by Gasteiger charge is -2.28. The van der Waals surface area contributed by atoms with Crippen molar-refractivity contribution in [2.75, 3.05) is 13.6 Å². The first-order valence-electron chi connectivity index (χ1n) is 4.41. The van der Waals surface area contributed by atoms with Crippen molar-refractivity contribution in [2.45, 2.75) is 39.8 Å². The maximum atomic E-state index is 5.69. The smallest absolute Gasteiger partial charge is 0.0139 e. The minimum atomic E-state index is 0.279. The SMILES string of the molecule is CC(N)CN(C)C(C)C(C)C. The van der Waals surface area contributed by atoms with E-state index in [0.717, 1.165) is 6.54 Å². The fourth-order valence-electron chi connectivity index (χ4n) is 1.13. The molecule has 2 nitrogen and oxygen atoms in total. The van der Waals surface area contributed by atoms with Crippen LogP contribution in [-0.4, -0.2) is 30.6 Å². The molecule has 2 unspecified atom stereocenters. The van der Waals surface area contributed by atoms with Crippen molar-refractivity contribution in [3.8, 4) is 0 Å². The number of rotatable bonds is 4. The normalized spacial score (nSPS) is 17.5. The second-order valence-corrected chi connectivity index (χ2v) is 3.90. The number of hydrogen-bond acceptors (Lipinski definition) is 2. The summed E-state index contributed by atoms with van der Waals surface area (Å²) >= 11 is 0. The van der Waals surface area contributed by atoms with Crippen LogP contribution in [0.15, 0.2) is 0 Å². The zero-order valence-electron chi connectivity index (χ0n) is 8.46. The summed E-state index contributed by atoms with van der Waals surface area (Å²) in [6, 6.07) is 0.905. The molecule has 2 heteroatoms. The summed E-state index contributed by atoms with van der Waals surface area (Å²) in [5, 5.41) is 0. The van der Waals surface area contributed by atoms with Gasteiger partial charge in [0.15, 0.2) is 0 Å². The second kappa shape index (κ2) is 4.73. The van der Waals surface area contributed by atoms with E-state index in [1.54, 1.807) is 0 Å². The maximum absolute atomic E-state index is 5.69. The van der Waals surface area contributed by atoms with Crippen molar-refractivity contribution < 1.29 is 0 Å². The van der Waals surface area contributed by atoms with E-state index in [1.807, 2.05) is 6.92 Å². The van der Waals surface area contributed by atoms with Crippen molar-refractivity contribution >= 4 is 0 Å². The molecule has 0 saturated heterocycles. The number of nitrogens with zero attached hydrogens (tertiary/aromatic N) is 1. The fourth-order valence-corrected chi connectivity index (χ4v) is 1.13. The van der Waals surface area contributed by atoms with Crippen LogP contribution in [0.3, 0.4) is 0 Å². The van der Waals surface area contributed by atoms with E-state index in [9.17, 15) is 0 Å². The number of nitrogens with two attached hydrogens (primary N) is 1. The van der Waals surface area contributed by atoms with Crippen LogP contribution in [0.5, 0.6) is 0 Å². The molecule has 0 heterocycles. The zero-order valence-corrected chi connectivity index (χ0v) is 8.46. The molecule has 0 saturated carbocycles. The van der Waals surface area contributed by atoms with Gasteiger partial charge in [-0.15, -0.1) is 0 Å². The van der Waals surface area contributed by atoms with Gasteiger partial charge in [0.1, 0.15) is 0 Å². The molecule has 0 aliphatic rings. The maximum Gasteiger partial charge on any atom is 0.0139 e. The Bertz CT molecular complexity index is 99.7. The Hall–Kier alpha value is -0.0800. The van der Waals surface area contributed by atoms with Gasteiger partial charge in [-0.05, 0) is 26.8 Å². The topological polar surface area (TPSA) is 29.3 Å². The van der Waals surface area contributed by atoms with Crippen LogP contribution < -0.4 is 5.73 Å². The molecule has 0 fully saturated rings. The third-order valence-electron chi connectivity index (χ3n) is 2.24. The molecule has 0 bridgehead atoms. The summed E-state index contributed by atoms with van der Waals surface area (Å²) in [5.74, 6) is 0.707. The lowest BCUT2D eigenvalue weighted by atomic mass is 10.1. The van der Waals surface area contributed by atoms with Gasteiger partial charge in [0.25, 0.3) is 0 Å². The molecule has 0 spiro atoms. The molecule has 0 aromatic rings. The highest BCUT2D eigenvalue weighted by molar-refractivity contribution is 4.69. The van der Waals surface area contributed by atoms with Crippen LogP contribution in [0, 0.1) is 5.92 Å². The first kappa shape index (κ1) is 10.9. The fraction of sp³-hybridized carbons (Fsp3) is 1.00. The van der Waals surface area contributed by atoms with Crippen molar-refractivity contribution in [3.63, 3.8) is 0 Å². The Morgan fingerprint density at radius 3 is 1.91 bits per heavy atom. The van der Waals surface area contributed by atoms with Gasteiger partial charge in [0.05, 0.1) is 0 Å². The van der Waals surface area contributed by atoms with E-state index in [2.05, 4.69) is 32.7 Å². The van der Waals surface area contributed by atoms with Crippen LogP contribution in [0.25, 0.3) is 0 Å². The Labute approximate surface area is 70.8 Å². The van der Waals surface area contributed by atoms with Crippen molar-refractivity contribution in [1.29, 1.82) is 0 Å². The standard InChI is InChI=1S/C9H22N2/c1-7(2)9(4)11(5)6-8(3)10/h7-9H,6,10H2,1-5H3. The largest absolute Gasteiger partial charge is 0.327 e. The van der Waals surface area contributed by atoms with Gasteiger partial charge < -0.3 is 10.6 Å². The van der Waals surface area contributed by atoms with Gasteiger partial charge in [-0.3, -0.25) is 0 Å². The lowest BCUT2D eigenvalue weighted by Crippen LogP contribution is -2.40. The van der Waals surface area contributed by atoms with E-state index in [0.29, 0.717) is 12.0 Å². The third kappa shape index (κ3) is 4.38. The highest BCUT2D eigenvalue weighted by atomic mass is 15.1. The van der Waals surface area contributed by atoms with Crippen LogP contribution >= 0.6 is 0 Å². The predicted molar refractivity (Wildman–Crippen MR) is 50.6 cm³/mol. The van der Waals surface area contributed by atoms with Crippen LogP contribution in [0.1, 0.15) is 27.7 Å². The summed E-state index contributed by atoms with van der Waals surface area (Å²) in [4.78, 5) is 2.31. The molecule has 0 aliphatic carbocycles. The second-order valence-electron chi connectivity index (χ2n) is 3.90. The van der Waals surface area contributed by atoms with Crippen LogP contribution in [0.4, 0.5) is 0 Å². The summed E-state index contributed by atoms with van der Waals surface area (Å²) in [6.45, 7) is 9.75. The minimum absolute atomic E-state index is 0.279. The molecule has 68 valence electrons. The molecular weight excluding hydrogens is 136 g/mol. The highest BCUT2D eigenvalue weighted by Gasteiger charge is 2.13. The molecule has 0 aromatic carbocycles. The van der Waals surface area contributed by atoms with Crippen molar-refractivity contribution in [1.82, 2.24) is 4.90 Å².